The fraction of sp³-hybridized carbons (Fsp3) is 0.417. The van der Waals surface area contributed by atoms with Gasteiger partial charge < -0.3 is 15.6 Å². The van der Waals surface area contributed by atoms with Crippen molar-refractivity contribution in [3.05, 3.63) is 23.0 Å². The summed E-state index contributed by atoms with van der Waals surface area (Å²) in [5, 5.41) is 9.62. The second kappa shape index (κ2) is 5.14. The molecule has 1 atom stereocenters. The SMILES string of the molecule is CCc1cc(C(=O)C(C)N)c(O)c(F)c1OC. The lowest BCUT2D eigenvalue weighted by Crippen LogP contribution is -2.27. The van der Waals surface area contributed by atoms with Crippen molar-refractivity contribution in [3.8, 4) is 11.5 Å². The van der Waals surface area contributed by atoms with Crippen molar-refractivity contribution in [3.63, 3.8) is 0 Å². The van der Waals surface area contributed by atoms with E-state index in [1.165, 1.54) is 20.1 Å². The van der Waals surface area contributed by atoms with Gasteiger partial charge in [0.2, 0.25) is 5.82 Å². The van der Waals surface area contributed by atoms with Crippen LogP contribution >= 0.6 is 0 Å². The Labute approximate surface area is 99.2 Å². The molecule has 0 saturated carbocycles. The molecule has 94 valence electrons. The highest BCUT2D eigenvalue weighted by Gasteiger charge is 2.23. The molecule has 0 aromatic heterocycles. The van der Waals surface area contributed by atoms with Crippen LogP contribution in [0.3, 0.4) is 0 Å². The number of aryl methyl sites for hydroxylation is 1. The first kappa shape index (κ1) is 13.4. The number of nitrogens with two attached hydrogens (primary N) is 1. The van der Waals surface area contributed by atoms with Crippen LogP contribution in [0.1, 0.15) is 29.8 Å². The molecule has 0 fully saturated rings. The number of phenolic OH excluding ortho intramolecular Hbond substituents is 1. The van der Waals surface area contributed by atoms with E-state index in [4.69, 9.17) is 10.5 Å². The Morgan fingerprint density at radius 2 is 2.24 bits per heavy atom. The van der Waals surface area contributed by atoms with E-state index in [0.29, 0.717) is 12.0 Å². The number of benzene rings is 1. The van der Waals surface area contributed by atoms with Crippen molar-refractivity contribution >= 4 is 5.78 Å². The lowest BCUT2D eigenvalue weighted by molar-refractivity contribution is 0.0964. The summed E-state index contributed by atoms with van der Waals surface area (Å²) in [6.07, 6.45) is 0.486. The van der Waals surface area contributed by atoms with Gasteiger partial charge in [0, 0.05) is 0 Å². The van der Waals surface area contributed by atoms with Gasteiger partial charge in [0.1, 0.15) is 0 Å². The predicted molar refractivity (Wildman–Crippen MR) is 62.0 cm³/mol. The number of Topliss-reactive ketones (excluding diaryl/α,β-unsaturated/α-hetero) is 1. The molecule has 1 unspecified atom stereocenters. The number of rotatable bonds is 4. The summed E-state index contributed by atoms with van der Waals surface area (Å²) in [5.74, 6) is -2.16. The molecule has 5 heteroatoms. The number of halogens is 1. The van der Waals surface area contributed by atoms with Gasteiger partial charge in [-0.25, -0.2) is 0 Å². The van der Waals surface area contributed by atoms with E-state index in [-0.39, 0.29) is 11.3 Å². The van der Waals surface area contributed by atoms with Crippen LogP contribution < -0.4 is 10.5 Å². The van der Waals surface area contributed by atoms with Crippen LogP contribution in [-0.4, -0.2) is 24.0 Å². The molecule has 0 aliphatic carbocycles. The third-order valence-electron chi connectivity index (χ3n) is 2.54. The minimum Gasteiger partial charge on any atom is -0.504 e. The summed E-state index contributed by atoms with van der Waals surface area (Å²) in [5.41, 5.74) is 5.85. The highest BCUT2D eigenvalue weighted by molar-refractivity contribution is 6.02. The van der Waals surface area contributed by atoms with E-state index in [9.17, 15) is 14.3 Å². The Morgan fingerprint density at radius 3 is 2.65 bits per heavy atom. The van der Waals surface area contributed by atoms with Crippen molar-refractivity contribution < 1.29 is 19.0 Å². The maximum absolute atomic E-state index is 13.8. The van der Waals surface area contributed by atoms with Crippen molar-refractivity contribution in [2.24, 2.45) is 5.73 Å². The first-order valence-electron chi connectivity index (χ1n) is 5.32. The zero-order valence-electron chi connectivity index (χ0n) is 10.1. The Balaban J connectivity index is 3.44. The van der Waals surface area contributed by atoms with E-state index in [1.54, 1.807) is 6.92 Å². The predicted octanol–water partition coefficient (Wildman–Crippen LogP) is 1.63. The molecule has 0 heterocycles. The Kier molecular flexibility index (Phi) is 4.07. The van der Waals surface area contributed by atoms with Gasteiger partial charge in [0.05, 0.1) is 18.7 Å². The van der Waals surface area contributed by atoms with Crippen LogP contribution in [0, 0.1) is 5.82 Å². The quantitative estimate of drug-likeness (QED) is 0.786. The van der Waals surface area contributed by atoms with Gasteiger partial charge in [-0.3, -0.25) is 4.79 Å². The number of phenols is 1. The Bertz CT molecular complexity index is 444. The molecular weight excluding hydrogens is 225 g/mol. The van der Waals surface area contributed by atoms with Crippen LogP contribution in [-0.2, 0) is 6.42 Å². The number of ketones is 1. The largest absolute Gasteiger partial charge is 0.504 e. The van der Waals surface area contributed by atoms with E-state index >= 15 is 0 Å². The van der Waals surface area contributed by atoms with Crippen LogP contribution in [0.15, 0.2) is 6.07 Å². The molecule has 0 amide bonds. The maximum Gasteiger partial charge on any atom is 0.207 e. The number of ether oxygens (including phenoxy) is 1. The average molecular weight is 241 g/mol. The third-order valence-corrected chi connectivity index (χ3v) is 2.54. The molecule has 1 aromatic carbocycles. The van der Waals surface area contributed by atoms with Gasteiger partial charge in [-0.2, -0.15) is 4.39 Å². The molecule has 0 saturated heterocycles. The topological polar surface area (TPSA) is 72.6 Å². The van der Waals surface area contributed by atoms with E-state index in [0.717, 1.165) is 0 Å². The van der Waals surface area contributed by atoms with Gasteiger partial charge in [0.15, 0.2) is 17.3 Å². The van der Waals surface area contributed by atoms with E-state index < -0.39 is 23.4 Å². The van der Waals surface area contributed by atoms with Gasteiger partial charge in [-0.15, -0.1) is 0 Å². The minimum atomic E-state index is -0.921. The van der Waals surface area contributed by atoms with Crippen LogP contribution in [0.5, 0.6) is 11.5 Å². The molecule has 0 radical (unpaired) electrons. The van der Waals surface area contributed by atoms with Crippen molar-refractivity contribution in [1.82, 2.24) is 0 Å². The number of carbonyl (C=O) groups excluding carboxylic acids is 1. The minimum absolute atomic E-state index is 0.0359. The monoisotopic (exact) mass is 241 g/mol. The fourth-order valence-electron chi connectivity index (χ4n) is 1.59. The van der Waals surface area contributed by atoms with Gasteiger partial charge in [-0.1, -0.05) is 6.92 Å². The molecule has 17 heavy (non-hydrogen) atoms. The summed E-state index contributed by atoms with van der Waals surface area (Å²) in [6, 6.07) is 0.626. The van der Waals surface area contributed by atoms with Gasteiger partial charge in [0.25, 0.3) is 0 Å². The molecule has 0 aliphatic heterocycles. The molecule has 4 nitrogen and oxygen atoms in total. The zero-order chi connectivity index (χ0) is 13.2. The highest BCUT2D eigenvalue weighted by atomic mass is 19.1. The molecule has 3 N–H and O–H groups in total. The lowest BCUT2D eigenvalue weighted by atomic mass is 9.99. The van der Waals surface area contributed by atoms with Crippen LogP contribution in [0.25, 0.3) is 0 Å². The number of aromatic hydroxyl groups is 1. The third kappa shape index (κ3) is 2.39. The second-order valence-corrected chi connectivity index (χ2v) is 3.79. The summed E-state index contributed by atoms with van der Waals surface area (Å²) in [4.78, 5) is 11.7. The molecule has 0 bridgehead atoms. The average Bonchev–Trinajstić information content (AvgIpc) is 2.31. The Hall–Kier alpha value is -1.62. The molecule has 1 rings (SSSR count). The highest BCUT2D eigenvalue weighted by Crippen LogP contribution is 2.34. The number of hydrogen-bond acceptors (Lipinski definition) is 4. The molecule has 1 aromatic rings. The second-order valence-electron chi connectivity index (χ2n) is 3.79. The zero-order valence-corrected chi connectivity index (χ0v) is 10.1. The van der Waals surface area contributed by atoms with E-state index in [1.807, 2.05) is 0 Å². The maximum atomic E-state index is 13.8. The fourth-order valence-corrected chi connectivity index (χ4v) is 1.59. The molecule has 0 aliphatic rings. The number of hydrogen-bond donors (Lipinski definition) is 2. The number of carbonyl (C=O) groups is 1. The number of methoxy groups -OCH3 is 1. The normalized spacial score (nSPS) is 12.3. The van der Waals surface area contributed by atoms with E-state index in [2.05, 4.69) is 0 Å². The van der Waals surface area contributed by atoms with Crippen molar-refractivity contribution in [2.75, 3.05) is 7.11 Å². The molecule has 0 spiro atoms. The smallest absolute Gasteiger partial charge is 0.207 e. The summed E-state index contributed by atoms with van der Waals surface area (Å²) in [7, 11) is 1.31. The standard InChI is InChI=1S/C12H16FNO3/c1-4-7-5-8(10(15)6(2)14)11(16)9(13)12(7)17-3/h5-6,16H,4,14H2,1-3H3. The summed E-state index contributed by atoms with van der Waals surface area (Å²) < 4.78 is 18.6. The first-order valence-corrected chi connectivity index (χ1v) is 5.32. The van der Waals surface area contributed by atoms with Gasteiger partial charge in [-0.05, 0) is 25.0 Å². The first-order chi connectivity index (χ1) is 7.93. The van der Waals surface area contributed by atoms with Crippen molar-refractivity contribution in [1.29, 1.82) is 0 Å². The summed E-state index contributed by atoms with van der Waals surface area (Å²) in [6.45, 7) is 3.28. The summed E-state index contributed by atoms with van der Waals surface area (Å²) >= 11 is 0. The van der Waals surface area contributed by atoms with Crippen molar-refractivity contribution in [2.45, 2.75) is 26.3 Å². The Morgan fingerprint density at radius 1 is 1.65 bits per heavy atom. The lowest BCUT2D eigenvalue weighted by Gasteiger charge is -2.13. The van der Waals surface area contributed by atoms with Crippen LogP contribution in [0.2, 0.25) is 0 Å². The van der Waals surface area contributed by atoms with Gasteiger partial charge >= 0.3 is 0 Å². The van der Waals surface area contributed by atoms with Crippen LogP contribution in [0.4, 0.5) is 4.39 Å². The molecular formula is C12H16FNO3.